The Labute approximate surface area is 335 Å². The second kappa shape index (κ2) is 16.5. The first kappa shape index (κ1) is 38.9. The minimum atomic E-state index is -1.02. The number of anilines is 4. The van der Waals surface area contributed by atoms with Crippen LogP contribution in [0.1, 0.15) is 66.6 Å². The van der Waals surface area contributed by atoms with Gasteiger partial charge in [-0.15, -0.1) is 0 Å². The SMILES string of the molecule is Cc1cc2cc(n1)-c1cnn(C)c1OCCC[C@@H](C)CN1/C(=N/C2=O)Nc2ccc(N3CCN(CCCNc4cc(F)c([C@H]5CCC(=O)NC5=O)c(F)c4)CC3)cc21. The van der Waals surface area contributed by atoms with E-state index < -0.39 is 29.4 Å². The molecule has 16 heteroatoms. The summed E-state index contributed by atoms with van der Waals surface area (Å²) in [6.45, 7) is 9.97. The summed E-state index contributed by atoms with van der Waals surface area (Å²) in [6.07, 6.45) is 4.37. The number of halogens is 2. The molecule has 14 nitrogen and oxygen atoms in total. The molecule has 58 heavy (non-hydrogen) atoms. The van der Waals surface area contributed by atoms with Crippen LogP contribution < -0.4 is 30.5 Å². The Bertz CT molecular complexity index is 2250. The number of pyridine rings is 1. The van der Waals surface area contributed by atoms with Crippen molar-refractivity contribution in [1.29, 1.82) is 0 Å². The smallest absolute Gasteiger partial charge is 0.280 e. The summed E-state index contributed by atoms with van der Waals surface area (Å²) in [4.78, 5) is 53.7. The zero-order valence-electron chi connectivity index (χ0n) is 33.0. The number of nitrogens with zero attached hydrogens (tertiary/aromatic N) is 7. The quantitative estimate of drug-likeness (QED) is 0.162. The number of aliphatic imine (C=N–C) groups is 1. The average molecular weight is 795 g/mol. The van der Waals surface area contributed by atoms with E-state index in [0.717, 1.165) is 74.6 Å². The van der Waals surface area contributed by atoms with Crippen molar-refractivity contribution in [1.82, 2.24) is 25.0 Å². The summed E-state index contributed by atoms with van der Waals surface area (Å²) in [7, 11) is 1.84. The van der Waals surface area contributed by atoms with Crippen molar-refractivity contribution in [2.75, 3.05) is 72.9 Å². The number of carbonyl (C=O) groups is 3. The standard InChI is InChI=1S/C42H48F2N10O4/c1-25-6-4-17-58-41-31(23-46-51(41)3)35-19-27(18-26(2)47-35)39(56)50-42-48-34-9-7-29(22-36(34)54(42)24-25)53-15-13-52(14-16-53)12-5-11-45-28-20-32(43)38(33(44)21-28)30-8-10-37(55)49-40(30)57/h7,9,18-23,25,30,45H,4-6,8,10-17,24H2,1-3H3,(H,48,50,56)(H,49,55,57)/t25-,30-/m1/s1. The highest BCUT2D eigenvalue weighted by Crippen LogP contribution is 2.38. The van der Waals surface area contributed by atoms with Crippen LogP contribution in [0.3, 0.4) is 0 Å². The van der Waals surface area contributed by atoms with Crippen LogP contribution in [0.4, 0.5) is 31.5 Å². The Morgan fingerprint density at radius 1 is 0.983 bits per heavy atom. The van der Waals surface area contributed by atoms with E-state index in [1.165, 1.54) is 12.1 Å². The molecule has 3 N–H and O–H groups in total. The zero-order chi connectivity index (χ0) is 40.5. The van der Waals surface area contributed by atoms with E-state index in [0.29, 0.717) is 54.2 Å². The van der Waals surface area contributed by atoms with Crippen LogP contribution >= 0.6 is 0 Å². The molecule has 3 amide bonds. The van der Waals surface area contributed by atoms with Crippen molar-refractivity contribution in [3.8, 4) is 17.1 Å². The van der Waals surface area contributed by atoms with Crippen LogP contribution in [0.5, 0.6) is 5.88 Å². The molecule has 4 aliphatic heterocycles. The van der Waals surface area contributed by atoms with Crippen LogP contribution in [0.25, 0.3) is 11.3 Å². The number of piperazine rings is 1. The lowest BCUT2D eigenvalue weighted by molar-refractivity contribution is -0.134. The van der Waals surface area contributed by atoms with Gasteiger partial charge in [-0.1, -0.05) is 6.92 Å². The van der Waals surface area contributed by atoms with Gasteiger partial charge in [0.05, 0.1) is 41.4 Å². The fraction of sp³-hybridized carbons (Fsp3) is 0.429. The number of hydrogen-bond acceptors (Lipinski definition) is 11. The van der Waals surface area contributed by atoms with Crippen molar-refractivity contribution in [2.45, 2.75) is 51.9 Å². The molecular weight excluding hydrogens is 747 g/mol. The first-order valence-electron chi connectivity index (χ1n) is 20.0. The van der Waals surface area contributed by atoms with E-state index in [-0.39, 0.29) is 30.2 Å². The fourth-order valence-corrected chi connectivity index (χ4v) is 8.24. The second-order valence-electron chi connectivity index (χ2n) is 15.6. The van der Waals surface area contributed by atoms with E-state index in [4.69, 9.17) is 9.72 Å². The van der Waals surface area contributed by atoms with Crippen LogP contribution in [0.2, 0.25) is 0 Å². The zero-order valence-corrected chi connectivity index (χ0v) is 33.0. The van der Waals surface area contributed by atoms with Gasteiger partial charge in [0, 0.05) is 80.9 Å². The lowest BCUT2D eigenvalue weighted by Crippen LogP contribution is -2.46. The predicted octanol–water partition coefficient (Wildman–Crippen LogP) is 5.45. The number of benzene rings is 2. The molecular formula is C42H48F2N10O4. The number of nitrogens with one attached hydrogen (secondary N) is 3. The van der Waals surface area contributed by atoms with E-state index in [2.05, 4.69) is 65.9 Å². The van der Waals surface area contributed by atoms with E-state index in [1.54, 1.807) is 23.0 Å². The third-order valence-corrected chi connectivity index (χ3v) is 11.3. The fourth-order valence-electron chi connectivity index (χ4n) is 8.24. The molecule has 6 heterocycles. The second-order valence-corrected chi connectivity index (χ2v) is 15.6. The third kappa shape index (κ3) is 8.24. The number of ether oxygens (including phenoxy) is 1. The molecule has 4 aromatic rings. The number of imide groups is 1. The summed E-state index contributed by atoms with van der Waals surface area (Å²) in [5.74, 6) is -2.69. The first-order valence-corrected chi connectivity index (χ1v) is 20.0. The van der Waals surface area contributed by atoms with Crippen molar-refractivity contribution in [3.63, 3.8) is 0 Å². The number of amides is 3. The number of guanidine groups is 1. The Balaban J connectivity index is 0.897. The Kier molecular flexibility index (Phi) is 11.1. The molecule has 8 rings (SSSR count). The van der Waals surface area contributed by atoms with Gasteiger partial charge >= 0.3 is 0 Å². The van der Waals surface area contributed by atoms with Gasteiger partial charge in [-0.2, -0.15) is 10.1 Å². The number of carbonyl (C=O) groups excluding carboxylic acids is 3. The number of piperidine rings is 1. The number of aromatic nitrogens is 3. The van der Waals surface area contributed by atoms with Crippen LogP contribution in [-0.2, 0) is 16.6 Å². The summed E-state index contributed by atoms with van der Waals surface area (Å²) in [6, 6.07) is 12.3. The minimum Gasteiger partial charge on any atom is -0.477 e. The van der Waals surface area contributed by atoms with Crippen LogP contribution in [0, 0.1) is 24.5 Å². The van der Waals surface area contributed by atoms with Gasteiger partial charge in [0.2, 0.25) is 23.7 Å². The van der Waals surface area contributed by atoms with E-state index in [1.807, 2.05) is 14.0 Å². The average Bonchev–Trinajstić information content (AvgIpc) is 3.73. The molecule has 2 bridgehead atoms. The Morgan fingerprint density at radius 3 is 2.55 bits per heavy atom. The maximum Gasteiger partial charge on any atom is 0.280 e. The van der Waals surface area contributed by atoms with Gasteiger partial charge in [-0.3, -0.25) is 29.6 Å². The maximum atomic E-state index is 15.0. The molecule has 2 aromatic carbocycles. The number of aryl methyl sites for hydroxylation is 2. The highest BCUT2D eigenvalue weighted by atomic mass is 19.1. The summed E-state index contributed by atoms with van der Waals surface area (Å²) >= 11 is 0. The van der Waals surface area contributed by atoms with E-state index >= 15 is 0 Å². The number of rotatable bonds is 7. The van der Waals surface area contributed by atoms with Gasteiger partial charge in [0.25, 0.3) is 5.91 Å². The normalized spacial score (nSPS) is 21.1. The van der Waals surface area contributed by atoms with Gasteiger partial charge < -0.3 is 25.2 Å². The van der Waals surface area contributed by atoms with Crippen molar-refractivity contribution < 1.29 is 27.9 Å². The Hall–Kier alpha value is -5.90. The Morgan fingerprint density at radius 2 is 1.78 bits per heavy atom. The first-order chi connectivity index (χ1) is 28.0. The highest BCUT2D eigenvalue weighted by molar-refractivity contribution is 6.19. The largest absolute Gasteiger partial charge is 0.477 e. The van der Waals surface area contributed by atoms with Crippen molar-refractivity contribution >= 4 is 46.4 Å². The molecule has 4 aliphatic rings. The molecule has 304 valence electrons. The summed E-state index contributed by atoms with van der Waals surface area (Å²) in [5.41, 5.74) is 5.46. The van der Waals surface area contributed by atoms with Crippen LogP contribution in [0.15, 0.2) is 53.7 Å². The highest BCUT2D eigenvalue weighted by Gasteiger charge is 2.33. The maximum absolute atomic E-state index is 15.0. The van der Waals surface area contributed by atoms with Gasteiger partial charge in [-0.25, -0.2) is 13.5 Å². The molecule has 0 unspecified atom stereocenters. The molecule has 0 spiro atoms. The van der Waals surface area contributed by atoms with Crippen LogP contribution in [-0.4, -0.2) is 95.8 Å². The molecule has 0 aliphatic carbocycles. The monoisotopic (exact) mass is 794 g/mol. The predicted molar refractivity (Wildman–Crippen MR) is 217 cm³/mol. The van der Waals surface area contributed by atoms with E-state index in [9.17, 15) is 23.2 Å². The number of hydrogen-bond donors (Lipinski definition) is 3. The summed E-state index contributed by atoms with van der Waals surface area (Å²) in [5, 5.41) is 13.1. The molecule has 2 saturated heterocycles. The lowest BCUT2D eigenvalue weighted by Gasteiger charge is -2.36. The van der Waals surface area contributed by atoms with Gasteiger partial charge in [0.1, 0.15) is 11.6 Å². The topological polar surface area (TPSA) is 149 Å². The molecule has 0 saturated carbocycles. The molecule has 2 fully saturated rings. The molecule has 2 aromatic heterocycles. The third-order valence-electron chi connectivity index (χ3n) is 11.3. The summed E-state index contributed by atoms with van der Waals surface area (Å²) < 4.78 is 37.8. The molecule has 0 radical (unpaired) electrons. The van der Waals surface area contributed by atoms with Gasteiger partial charge in [-0.05, 0) is 87.5 Å². The lowest BCUT2D eigenvalue weighted by atomic mass is 9.89. The van der Waals surface area contributed by atoms with Crippen molar-refractivity contribution in [2.24, 2.45) is 18.0 Å². The molecule has 2 atom stereocenters. The van der Waals surface area contributed by atoms with Gasteiger partial charge in [0.15, 0.2) is 0 Å². The van der Waals surface area contributed by atoms with Crippen molar-refractivity contribution in [3.05, 3.63) is 77.1 Å². The number of fused-ring (bicyclic) bond motifs is 7. The minimum absolute atomic E-state index is 0.0480.